The van der Waals surface area contributed by atoms with Crippen molar-refractivity contribution >= 4 is 37.4 Å². The highest BCUT2D eigenvalue weighted by Gasteiger charge is 2.25. The predicted octanol–water partition coefficient (Wildman–Crippen LogP) is 16.8. The molecule has 12 heteroatoms. The Balaban J connectivity index is 0. The van der Waals surface area contributed by atoms with Crippen LogP contribution in [0.2, 0.25) is 0 Å². The molecule has 0 aliphatic carbocycles. The summed E-state index contributed by atoms with van der Waals surface area (Å²) in [6, 6.07) is 30.1. The molecule has 0 heterocycles. The van der Waals surface area contributed by atoms with Gasteiger partial charge in [0.2, 0.25) is 0 Å². The van der Waals surface area contributed by atoms with Crippen molar-refractivity contribution in [2.75, 3.05) is 20.4 Å². The number of Topliss-reactive ketones (excluding diaryl/α,β-unsaturated/α-hetero) is 1. The van der Waals surface area contributed by atoms with Crippen LogP contribution in [0.1, 0.15) is 185 Å². The number of allylic oxidation sites excluding steroid dienone is 9. The number of rotatable bonds is 41. The van der Waals surface area contributed by atoms with Crippen LogP contribution in [-0.2, 0) is 56.8 Å². The summed E-state index contributed by atoms with van der Waals surface area (Å²) in [5.41, 5.74) is 3.57. The van der Waals surface area contributed by atoms with E-state index in [9.17, 15) is 33.6 Å². The van der Waals surface area contributed by atoms with Gasteiger partial charge in [0.25, 0.3) is 0 Å². The largest absolute Gasteiger partial charge is 0.481 e. The Morgan fingerprint density at radius 2 is 0.910 bits per heavy atom. The number of hydrogen-bond donors (Lipinski definition) is 3. The van der Waals surface area contributed by atoms with Crippen LogP contribution >= 0.6 is 7.60 Å². The second kappa shape index (κ2) is 54.8. The second-order valence-corrected chi connectivity index (χ2v) is 21.1. The number of ketones is 2. The van der Waals surface area contributed by atoms with Crippen molar-refractivity contribution in [2.45, 2.75) is 194 Å². The van der Waals surface area contributed by atoms with Crippen molar-refractivity contribution in [1.82, 2.24) is 0 Å². The molecule has 3 aromatic carbocycles. The summed E-state index contributed by atoms with van der Waals surface area (Å²) in [6.07, 6.45) is 45.2. The van der Waals surface area contributed by atoms with Crippen molar-refractivity contribution in [3.05, 3.63) is 168 Å². The lowest BCUT2D eigenvalue weighted by Gasteiger charge is -2.12. The Bertz CT molecular complexity index is 2110. The van der Waals surface area contributed by atoms with Crippen LogP contribution < -0.4 is 0 Å². The lowest BCUT2D eigenvalue weighted by molar-refractivity contribution is -0.138. The molecular formula is C66H99O11P. The Labute approximate surface area is 471 Å². The molecule has 0 fully saturated rings. The normalized spacial score (nSPS) is 11.6. The highest BCUT2D eigenvalue weighted by molar-refractivity contribution is 7.54. The summed E-state index contributed by atoms with van der Waals surface area (Å²) in [4.78, 5) is 53.8. The van der Waals surface area contributed by atoms with Crippen molar-refractivity contribution < 1.29 is 52.9 Å². The average Bonchev–Trinajstić information content (AvgIpc) is 3.44. The average molecular weight is 1100 g/mol. The highest BCUT2D eigenvalue weighted by atomic mass is 31.2. The van der Waals surface area contributed by atoms with Crippen LogP contribution in [0.5, 0.6) is 0 Å². The summed E-state index contributed by atoms with van der Waals surface area (Å²) in [5, 5.41) is 26.8. The van der Waals surface area contributed by atoms with Crippen molar-refractivity contribution in [3.8, 4) is 0 Å². The van der Waals surface area contributed by atoms with Gasteiger partial charge in [0, 0.05) is 39.9 Å². The third-order valence-corrected chi connectivity index (χ3v) is 14.0. The van der Waals surface area contributed by atoms with E-state index in [-0.39, 0.29) is 44.1 Å². The molecule has 3 aromatic rings. The number of carboxylic acids is 2. The lowest BCUT2D eigenvalue weighted by Crippen LogP contribution is -2.08. The van der Waals surface area contributed by atoms with Gasteiger partial charge >= 0.3 is 19.5 Å². The Morgan fingerprint density at radius 3 is 1.35 bits per heavy atom. The van der Waals surface area contributed by atoms with E-state index in [1.807, 2.05) is 109 Å². The first-order valence-corrected chi connectivity index (χ1v) is 29.9. The molecule has 0 bridgehead atoms. The van der Waals surface area contributed by atoms with Gasteiger partial charge in [-0.15, -0.1) is 0 Å². The number of hydrogen-bond acceptors (Lipinski definition) is 9. The summed E-state index contributed by atoms with van der Waals surface area (Å²) in [5.74, 6) is -1.37. The maximum atomic E-state index is 11.7. The van der Waals surface area contributed by atoms with Crippen LogP contribution in [0.15, 0.2) is 152 Å². The molecule has 78 heavy (non-hydrogen) atoms. The first-order chi connectivity index (χ1) is 37.4. The fourth-order valence-corrected chi connectivity index (χ4v) is 8.51. The monoisotopic (exact) mass is 1100 g/mol. The fraction of sp³-hybridized carbons (Fsp3) is 0.500. The van der Waals surface area contributed by atoms with Crippen molar-refractivity contribution in [2.24, 2.45) is 0 Å². The van der Waals surface area contributed by atoms with Crippen molar-refractivity contribution in [1.29, 1.82) is 0 Å². The Morgan fingerprint density at radius 1 is 0.513 bits per heavy atom. The maximum absolute atomic E-state index is 11.7. The highest BCUT2D eigenvalue weighted by Crippen LogP contribution is 2.46. The maximum Gasteiger partial charge on any atom is 0.337 e. The molecule has 11 nitrogen and oxygen atoms in total. The van der Waals surface area contributed by atoms with E-state index >= 15 is 0 Å². The first-order valence-electron chi connectivity index (χ1n) is 28.1. The number of carboxylic acid groups (broad SMARTS) is 2. The Hall–Kier alpha value is -5.58. The van der Waals surface area contributed by atoms with Gasteiger partial charge in [-0.25, -0.2) is 0 Å². The van der Waals surface area contributed by atoms with E-state index in [0.29, 0.717) is 19.3 Å². The number of aliphatic carboxylic acids is 2. The van der Waals surface area contributed by atoms with E-state index < -0.39 is 19.5 Å². The number of unbranched alkanes of at least 4 members (excludes halogenated alkanes) is 16. The molecule has 0 aliphatic heterocycles. The Kier molecular flexibility index (Phi) is 52.3. The molecule has 0 aromatic heterocycles. The molecule has 0 amide bonds. The van der Waals surface area contributed by atoms with Gasteiger partial charge < -0.3 is 24.4 Å². The SMILES string of the molecule is C.CCCCCCCC/C=C\C=C\[C@@H](O)CCc1ccccc1.COP(=O)(CC(=O)CCc1ccccc1)OC.O=C(O)CCCCCCC/C=C\C=C\C(=O)CCc1ccccc1.O=C/C=C\CCCCCCCC(=O)O. The van der Waals surface area contributed by atoms with Crippen LogP contribution in [0.25, 0.3) is 0 Å². The van der Waals surface area contributed by atoms with Gasteiger partial charge in [0.1, 0.15) is 18.2 Å². The third kappa shape index (κ3) is 51.2. The number of aryl methyl sites for hydroxylation is 3. The minimum absolute atomic E-state index is 0. The molecule has 0 saturated heterocycles. The first kappa shape index (κ1) is 74.5. The minimum atomic E-state index is -3.21. The number of aldehydes is 1. The fourth-order valence-electron chi connectivity index (χ4n) is 7.51. The number of aliphatic hydroxyl groups is 1. The topological polar surface area (TPSA) is 182 Å². The molecule has 0 spiro atoms. The molecule has 434 valence electrons. The van der Waals surface area contributed by atoms with Crippen LogP contribution in [-0.4, -0.2) is 71.6 Å². The molecule has 0 radical (unpaired) electrons. The van der Waals surface area contributed by atoms with Gasteiger partial charge in [-0.3, -0.25) is 28.5 Å². The molecule has 0 unspecified atom stereocenters. The molecule has 3 N–H and O–H groups in total. The summed E-state index contributed by atoms with van der Waals surface area (Å²) >= 11 is 0. The zero-order chi connectivity index (χ0) is 56.7. The molecular weight excluding hydrogens is 1000 g/mol. The van der Waals surface area contributed by atoms with Gasteiger partial charge in [0.05, 0.1) is 6.10 Å². The minimum Gasteiger partial charge on any atom is -0.481 e. The standard InChI is InChI=1S/C21H28O3.C21H32O.C12H17O4P.C11H18O3.CH4/c22-20(18-17-19-13-9-8-10-14-19)15-11-6-4-2-1-3-5-7-12-16-21(23)24;1-2-3-4-5-6-7-8-9-10-14-17-21(22)19-18-20-15-12-11-13-16-20;1-15-17(14,16-2)10-12(13)9-8-11-6-4-3-5-7-11;12-10-8-6-4-2-1-3-5-7-9-11(13)14;/h4,6,8-11,13-15H,1-3,5,7,12,16-18H2,(H,23,24);9-17,21-22H,2-8,18-19H2,1H3;3-7H,8-10H2,1-2H3;6,8,10H,1-5,7,9H2,(H,13,14);1H4/b6-4-,15-11+;10-9-,17-14+;;8-6-;/t;21-;;;/m.1.../s1. The van der Waals surface area contributed by atoms with Gasteiger partial charge in [-0.1, -0.05) is 225 Å². The molecule has 0 aliphatic rings. The zero-order valence-corrected chi connectivity index (χ0v) is 47.8. The predicted molar refractivity (Wildman–Crippen MR) is 323 cm³/mol. The van der Waals surface area contributed by atoms with Gasteiger partial charge in [0.15, 0.2) is 5.78 Å². The zero-order valence-electron chi connectivity index (χ0n) is 46.9. The van der Waals surface area contributed by atoms with Gasteiger partial charge in [-0.2, -0.15) is 0 Å². The van der Waals surface area contributed by atoms with E-state index in [0.717, 1.165) is 115 Å². The van der Waals surface area contributed by atoms with E-state index in [1.54, 1.807) is 6.08 Å². The van der Waals surface area contributed by atoms with Crippen LogP contribution in [0.4, 0.5) is 0 Å². The molecule has 3 rings (SSSR count). The van der Waals surface area contributed by atoms with Gasteiger partial charge in [-0.05, 0) is 106 Å². The van der Waals surface area contributed by atoms with E-state index in [4.69, 9.17) is 19.3 Å². The lowest BCUT2D eigenvalue weighted by atomic mass is 10.1. The number of carbonyl (C=O) groups is 5. The van der Waals surface area contributed by atoms with E-state index in [1.165, 1.54) is 69.9 Å². The third-order valence-electron chi connectivity index (χ3n) is 12.1. The number of aliphatic hydroxyl groups excluding tert-OH is 1. The summed E-state index contributed by atoms with van der Waals surface area (Å²) in [6.45, 7) is 2.25. The number of carbonyl (C=O) groups excluding carboxylic acids is 3. The summed E-state index contributed by atoms with van der Waals surface area (Å²) in [7, 11) is -0.635. The smallest absolute Gasteiger partial charge is 0.337 e. The van der Waals surface area contributed by atoms with Crippen LogP contribution in [0, 0.1) is 0 Å². The molecule has 0 saturated carbocycles. The van der Waals surface area contributed by atoms with Crippen molar-refractivity contribution in [3.63, 3.8) is 0 Å². The number of benzene rings is 3. The molecule has 1 atom stereocenters. The second-order valence-electron chi connectivity index (χ2n) is 18.8. The quantitative estimate of drug-likeness (QED) is 0.0162. The van der Waals surface area contributed by atoms with E-state index in [2.05, 4.69) is 37.3 Å². The van der Waals surface area contributed by atoms with Crippen LogP contribution in [0.3, 0.4) is 0 Å². The summed E-state index contributed by atoms with van der Waals surface area (Å²) < 4.78 is 21.2.